The summed E-state index contributed by atoms with van der Waals surface area (Å²) in [6, 6.07) is 7.60. The van der Waals surface area contributed by atoms with Gasteiger partial charge in [0.1, 0.15) is 5.82 Å². The summed E-state index contributed by atoms with van der Waals surface area (Å²) < 4.78 is 1.63. The molecule has 0 radical (unpaired) electrons. The van der Waals surface area contributed by atoms with Crippen molar-refractivity contribution in [3.05, 3.63) is 47.2 Å². The molecule has 1 aromatic heterocycles. The molecule has 0 bridgehead atoms. The number of aromatic nitrogens is 2. The first-order valence-electron chi connectivity index (χ1n) is 5.44. The Balaban J connectivity index is 2.26. The van der Waals surface area contributed by atoms with Gasteiger partial charge in [-0.2, -0.15) is 5.10 Å². The molecule has 1 amide bonds. The highest BCUT2D eigenvalue weighted by Gasteiger charge is 2.10. The highest BCUT2D eigenvalue weighted by Crippen LogP contribution is 2.13. The van der Waals surface area contributed by atoms with Crippen molar-refractivity contribution >= 4 is 11.7 Å². The number of carbonyl (C=O) groups is 1. The van der Waals surface area contributed by atoms with Crippen LogP contribution in [0.25, 0.3) is 0 Å². The second-order valence-electron chi connectivity index (χ2n) is 4.11. The van der Waals surface area contributed by atoms with Gasteiger partial charge in [0.15, 0.2) is 0 Å². The number of rotatable bonds is 2. The van der Waals surface area contributed by atoms with Gasteiger partial charge in [-0.3, -0.25) is 9.48 Å². The third kappa shape index (κ3) is 2.36. The van der Waals surface area contributed by atoms with Crippen molar-refractivity contribution in [1.82, 2.24) is 9.78 Å². The minimum absolute atomic E-state index is 0.102. The van der Waals surface area contributed by atoms with Crippen LogP contribution in [0.15, 0.2) is 30.5 Å². The highest BCUT2D eigenvalue weighted by atomic mass is 16.1. The van der Waals surface area contributed by atoms with E-state index < -0.39 is 0 Å². The number of carbonyl (C=O) groups excluding carboxylic acids is 1. The van der Waals surface area contributed by atoms with E-state index in [4.69, 9.17) is 0 Å². The van der Waals surface area contributed by atoms with E-state index in [9.17, 15) is 4.79 Å². The normalized spacial score (nSPS) is 10.3. The molecule has 4 nitrogen and oxygen atoms in total. The summed E-state index contributed by atoms with van der Waals surface area (Å²) >= 11 is 0. The smallest absolute Gasteiger partial charge is 0.257 e. The van der Waals surface area contributed by atoms with Crippen molar-refractivity contribution in [1.29, 1.82) is 0 Å². The molecular weight excluding hydrogens is 214 g/mol. The van der Waals surface area contributed by atoms with Crippen LogP contribution in [-0.4, -0.2) is 15.7 Å². The first-order chi connectivity index (χ1) is 8.08. The summed E-state index contributed by atoms with van der Waals surface area (Å²) in [7, 11) is 1.79. The number of nitrogens with one attached hydrogen (secondary N) is 1. The molecule has 0 fully saturated rings. The molecule has 2 aromatic rings. The summed E-state index contributed by atoms with van der Waals surface area (Å²) in [5.74, 6) is 0.589. The second kappa shape index (κ2) is 4.41. The maximum absolute atomic E-state index is 12.1. The van der Waals surface area contributed by atoms with E-state index in [1.807, 2.05) is 32.0 Å². The summed E-state index contributed by atoms with van der Waals surface area (Å²) in [4.78, 5) is 12.1. The van der Waals surface area contributed by atoms with Crippen LogP contribution >= 0.6 is 0 Å². The van der Waals surface area contributed by atoms with Crippen LogP contribution in [0.2, 0.25) is 0 Å². The van der Waals surface area contributed by atoms with Crippen molar-refractivity contribution in [2.45, 2.75) is 13.8 Å². The van der Waals surface area contributed by atoms with E-state index in [1.54, 1.807) is 24.0 Å². The quantitative estimate of drug-likeness (QED) is 0.858. The van der Waals surface area contributed by atoms with E-state index in [2.05, 4.69) is 10.4 Å². The Hall–Kier alpha value is -2.10. The molecule has 0 aliphatic rings. The number of nitrogens with zero attached hydrogens (tertiary/aromatic N) is 2. The molecule has 0 aliphatic carbocycles. The Labute approximate surface area is 100 Å². The number of hydrogen-bond donors (Lipinski definition) is 1. The Morgan fingerprint density at radius 2 is 2.06 bits per heavy atom. The van der Waals surface area contributed by atoms with Crippen LogP contribution in [0, 0.1) is 13.8 Å². The molecule has 0 spiro atoms. The average molecular weight is 229 g/mol. The van der Waals surface area contributed by atoms with Gasteiger partial charge in [0.2, 0.25) is 0 Å². The molecule has 0 saturated carbocycles. The SMILES string of the molecule is Cc1ccc(C)c(C(=O)Nc2ccnn2C)c1. The van der Waals surface area contributed by atoms with E-state index in [1.165, 1.54) is 0 Å². The lowest BCUT2D eigenvalue weighted by Gasteiger charge is -2.08. The van der Waals surface area contributed by atoms with E-state index in [0.29, 0.717) is 11.4 Å². The molecule has 0 aliphatic heterocycles. The molecule has 0 atom stereocenters. The third-order valence-corrected chi connectivity index (χ3v) is 2.70. The second-order valence-corrected chi connectivity index (χ2v) is 4.11. The fourth-order valence-electron chi connectivity index (χ4n) is 1.66. The number of benzene rings is 1. The number of aryl methyl sites for hydroxylation is 3. The number of amides is 1. The first-order valence-corrected chi connectivity index (χ1v) is 5.44. The predicted molar refractivity (Wildman–Crippen MR) is 67.1 cm³/mol. The van der Waals surface area contributed by atoms with Crippen molar-refractivity contribution in [3.63, 3.8) is 0 Å². The summed E-state index contributed by atoms with van der Waals surface area (Å²) in [5.41, 5.74) is 2.74. The van der Waals surface area contributed by atoms with Gasteiger partial charge in [-0.05, 0) is 25.5 Å². The summed E-state index contributed by atoms with van der Waals surface area (Å²) in [5, 5.41) is 6.84. The van der Waals surface area contributed by atoms with Crippen molar-refractivity contribution in [2.24, 2.45) is 7.05 Å². The molecule has 1 aromatic carbocycles. The summed E-state index contributed by atoms with van der Waals surface area (Å²) in [6.45, 7) is 3.90. The van der Waals surface area contributed by atoms with Gasteiger partial charge in [0.05, 0.1) is 6.20 Å². The lowest BCUT2D eigenvalue weighted by Crippen LogP contribution is -2.15. The van der Waals surface area contributed by atoms with Crippen LogP contribution in [0.1, 0.15) is 21.5 Å². The standard InChI is InChI=1S/C13H15N3O/c1-9-4-5-10(2)11(8-9)13(17)15-12-6-7-14-16(12)3/h4-8H,1-3H3,(H,15,17). The minimum Gasteiger partial charge on any atom is -0.307 e. The maximum Gasteiger partial charge on any atom is 0.257 e. The molecule has 1 N–H and O–H groups in total. The Morgan fingerprint density at radius 1 is 1.29 bits per heavy atom. The van der Waals surface area contributed by atoms with Crippen LogP contribution in [0.5, 0.6) is 0 Å². The van der Waals surface area contributed by atoms with E-state index >= 15 is 0 Å². The topological polar surface area (TPSA) is 46.9 Å². The van der Waals surface area contributed by atoms with Gasteiger partial charge in [-0.15, -0.1) is 0 Å². The van der Waals surface area contributed by atoms with E-state index in [-0.39, 0.29) is 5.91 Å². The molecule has 88 valence electrons. The fourth-order valence-corrected chi connectivity index (χ4v) is 1.66. The lowest BCUT2D eigenvalue weighted by atomic mass is 10.1. The molecule has 0 unspecified atom stereocenters. The van der Waals surface area contributed by atoms with Gasteiger partial charge in [-0.1, -0.05) is 17.7 Å². The molecule has 17 heavy (non-hydrogen) atoms. The zero-order chi connectivity index (χ0) is 12.4. The largest absolute Gasteiger partial charge is 0.307 e. The minimum atomic E-state index is -0.102. The monoisotopic (exact) mass is 229 g/mol. The van der Waals surface area contributed by atoms with E-state index in [0.717, 1.165) is 11.1 Å². The van der Waals surface area contributed by atoms with Crippen molar-refractivity contribution < 1.29 is 4.79 Å². The fraction of sp³-hybridized carbons (Fsp3) is 0.231. The zero-order valence-electron chi connectivity index (χ0n) is 10.2. The van der Waals surface area contributed by atoms with Crippen LogP contribution in [-0.2, 0) is 7.05 Å². The van der Waals surface area contributed by atoms with Gasteiger partial charge in [0, 0.05) is 18.7 Å². The number of anilines is 1. The Morgan fingerprint density at radius 3 is 2.71 bits per heavy atom. The molecule has 4 heteroatoms. The average Bonchev–Trinajstić information content (AvgIpc) is 2.68. The molecule has 0 saturated heterocycles. The van der Waals surface area contributed by atoms with Crippen molar-refractivity contribution in [2.75, 3.05) is 5.32 Å². The van der Waals surface area contributed by atoms with Gasteiger partial charge in [-0.25, -0.2) is 0 Å². The third-order valence-electron chi connectivity index (χ3n) is 2.70. The predicted octanol–water partition coefficient (Wildman–Crippen LogP) is 2.29. The first kappa shape index (κ1) is 11.4. The zero-order valence-corrected chi connectivity index (χ0v) is 10.2. The van der Waals surface area contributed by atoms with Crippen LogP contribution in [0.3, 0.4) is 0 Å². The van der Waals surface area contributed by atoms with Crippen LogP contribution in [0.4, 0.5) is 5.82 Å². The Kier molecular flexibility index (Phi) is 2.95. The van der Waals surface area contributed by atoms with Gasteiger partial charge >= 0.3 is 0 Å². The van der Waals surface area contributed by atoms with Gasteiger partial charge in [0.25, 0.3) is 5.91 Å². The molecule has 1 heterocycles. The highest BCUT2D eigenvalue weighted by molar-refractivity contribution is 6.04. The maximum atomic E-state index is 12.1. The lowest BCUT2D eigenvalue weighted by molar-refractivity contribution is 0.102. The molecular formula is C13H15N3O. The van der Waals surface area contributed by atoms with Crippen molar-refractivity contribution in [3.8, 4) is 0 Å². The molecule has 2 rings (SSSR count). The van der Waals surface area contributed by atoms with Crippen LogP contribution < -0.4 is 5.32 Å². The summed E-state index contributed by atoms with van der Waals surface area (Å²) in [6.07, 6.45) is 1.65. The Bertz CT molecular complexity index is 558. The van der Waals surface area contributed by atoms with Gasteiger partial charge < -0.3 is 5.32 Å². The number of hydrogen-bond acceptors (Lipinski definition) is 2.